The molecule has 0 aliphatic rings. The van der Waals surface area contributed by atoms with Crippen molar-refractivity contribution in [2.24, 2.45) is 0 Å². The molecule has 0 radical (unpaired) electrons. The van der Waals surface area contributed by atoms with Crippen LogP contribution in [0.15, 0.2) is 16.6 Å². The van der Waals surface area contributed by atoms with Crippen LogP contribution in [0.25, 0.3) is 0 Å². The van der Waals surface area contributed by atoms with Crippen molar-refractivity contribution in [2.75, 3.05) is 6.61 Å². The lowest BCUT2D eigenvalue weighted by molar-refractivity contribution is 0.101. The van der Waals surface area contributed by atoms with Gasteiger partial charge in [-0.25, -0.2) is 4.39 Å². The van der Waals surface area contributed by atoms with Crippen LogP contribution in [0.2, 0.25) is 0 Å². The maximum atomic E-state index is 13.5. The lowest BCUT2D eigenvalue weighted by Gasteiger charge is -2.09. The number of Topliss-reactive ketones (excluding diaryl/α,β-unsaturated/α-hetero) is 1. The minimum absolute atomic E-state index is 0.0226. The maximum Gasteiger partial charge on any atom is 0.179 e. The fraction of sp³-hybridized carbons (Fsp3) is 0.300. The summed E-state index contributed by atoms with van der Waals surface area (Å²) in [6, 6.07) is 3.04. The van der Waals surface area contributed by atoms with Crippen molar-refractivity contribution in [3.05, 3.63) is 28.0 Å². The number of hydrogen-bond donors (Lipinski definition) is 0. The zero-order valence-electron chi connectivity index (χ0n) is 7.93. The SMILES string of the molecule is CCOc1c(C(C)=O)ccc(Br)c1F. The number of carbonyl (C=O) groups excluding carboxylic acids is 1. The van der Waals surface area contributed by atoms with Crippen molar-refractivity contribution < 1.29 is 13.9 Å². The van der Waals surface area contributed by atoms with Gasteiger partial charge in [-0.2, -0.15) is 0 Å². The van der Waals surface area contributed by atoms with Crippen LogP contribution in [0.5, 0.6) is 5.75 Å². The molecule has 0 N–H and O–H groups in total. The van der Waals surface area contributed by atoms with E-state index in [1.54, 1.807) is 13.0 Å². The average molecular weight is 261 g/mol. The molecule has 1 aromatic rings. The van der Waals surface area contributed by atoms with Crippen LogP contribution in [0.4, 0.5) is 4.39 Å². The van der Waals surface area contributed by atoms with Crippen molar-refractivity contribution in [1.82, 2.24) is 0 Å². The Morgan fingerprint density at radius 1 is 1.57 bits per heavy atom. The van der Waals surface area contributed by atoms with Gasteiger partial charge in [-0.15, -0.1) is 0 Å². The molecule has 0 saturated carbocycles. The molecule has 0 aliphatic carbocycles. The summed E-state index contributed by atoms with van der Waals surface area (Å²) in [4.78, 5) is 11.1. The molecule has 0 aliphatic heterocycles. The Morgan fingerprint density at radius 2 is 2.21 bits per heavy atom. The number of rotatable bonds is 3. The highest BCUT2D eigenvalue weighted by atomic mass is 79.9. The molecule has 0 spiro atoms. The van der Waals surface area contributed by atoms with Gasteiger partial charge in [-0.1, -0.05) is 0 Å². The Bertz CT molecular complexity index is 363. The molecule has 0 heterocycles. The summed E-state index contributed by atoms with van der Waals surface area (Å²) < 4.78 is 18.9. The molecular formula is C10H10BrFO2. The first-order valence-corrected chi connectivity index (χ1v) is 4.99. The second kappa shape index (κ2) is 4.55. The molecule has 0 atom stereocenters. The van der Waals surface area contributed by atoms with Crippen LogP contribution in [0, 0.1) is 5.82 Å². The number of hydrogen-bond acceptors (Lipinski definition) is 2. The summed E-state index contributed by atoms with van der Waals surface area (Å²) in [5.74, 6) is -0.714. The molecule has 4 heteroatoms. The third-order valence-corrected chi connectivity index (χ3v) is 2.33. The van der Waals surface area contributed by atoms with E-state index in [1.165, 1.54) is 13.0 Å². The first-order valence-electron chi connectivity index (χ1n) is 4.19. The molecule has 0 bridgehead atoms. The Balaban J connectivity index is 3.29. The largest absolute Gasteiger partial charge is 0.490 e. The highest BCUT2D eigenvalue weighted by Crippen LogP contribution is 2.29. The smallest absolute Gasteiger partial charge is 0.179 e. The van der Waals surface area contributed by atoms with Crippen molar-refractivity contribution in [2.45, 2.75) is 13.8 Å². The molecule has 76 valence electrons. The molecule has 0 unspecified atom stereocenters. The van der Waals surface area contributed by atoms with Gasteiger partial charge in [0.2, 0.25) is 0 Å². The van der Waals surface area contributed by atoms with E-state index < -0.39 is 5.82 Å². The lowest BCUT2D eigenvalue weighted by Crippen LogP contribution is -2.03. The van der Waals surface area contributed by atoms with E-state index in [9.17, 15) is 9.18 Å². The van der Waals surface area contributed by atoms with Gasteiger partial charge in [0.25, 0.3) is 0 Å². The van der Waals surface area contributed by atoms with E-state index in [1.807, 2.05) is 0 Å². The summed E-state index contributed by atoms with van der Waals surface area (Å²) in [6.45, 7) is 3.45. The van der Waals surface area contributed by atoms with E-state index in [-0.39, 0.29) is 17.1 Å². The van der Waals surface area contributed by atoms with Crippen molar-refractivity contribution in [1.29, 1.82) is 0 Å². The number of ether oxygens (including phenoxy) is 1. The lowest BCUT2D eigenvalue weighted by atomic mass is 10.1. The van der Waals surface area contributed by atoms with Crippen LogP contribution in [0.1, 0.15) is 24.2 Å². The van der Waals surface area contributed by atoms with Gasteiger partial charge in [0.1, 0.15) is 0 Å². The average Bonchev–Trinajstić information content (AvgIpc) is 2.13. The molecule has 0 fully saturated rings. The highest BCUT2D eigenvalue weighted by Gasteiger charge is 2.15. The summed E-state index contributed by atoms with van der Waals surface area (Å²) in [5.41, 5.74) is 0.271. The summed E-state index contributed by atoms with van der Waals surface area (Å²) in [5, 5.41) is 0. The van der Waals surface area contributed by atoms with Gasteiger partial charge in [-0.3, -0.25) is 4.79 Å². The van der Waals surface area contributed by atoms with Crippen LogP contribution < -0.4 is 4.74 Å². The van der Waals surface area contributed by atoms with Gasteiger partial charge in [0, 0.05) is 0 Å². The molecule has 14 heavy (non-hydrogen) atoms. The van der Waals surface area contributed by atoms with Crippen molar-refractivity contribution in [3.8, 4) is 5.75 Å². The van der Waals surface area contributed by atoms with Crippen LogP contribution in [-0.4, -0.2) is 12.4 Å². The zero-order valence-corrected chi connectivity index (χ0v) is 9.52. The molecular weight excluding hydrogens is 251 g/mol. The topological polar surface area (TPSA) is 26.3 Å². The molecule has 0 aromatic heterocycles. The summed E-state index contributed by atoms with van der Waals surface area (Å²) in [7, 11) is 0. The minimum atomic E-state index is -0.528. The second-order valence-electron chi connectivity index (χ2n) is 2.73. The third kappa shape index (κ3) is 2.12. The quantitative estimate of drug-likeness (QED) is 0.781. The maximum absolute atomic E-state index is 13.5. The van der Waals surface area contributed by atoms with E-state index in [0.29, 0.717) is 11.1 Å². The number of carbonyl (C=O) groups is 1. The van der Waals surface area contributed by atoms with Gasteiger partial charge in [0.15, 0.2) is 17.3 Å². The minimum Gasteiger partial charge on any atom is -0.490 e. The summed E-state index contributed by atoms with van der Waals surface area (Å²) in [6.07, 6.45) is 0. The van der Waals surface area contributed by atoms with E-state index in [0.717, 1.165) is 0 Å². The van der Waals surface area contributed by atoms with E-state index >= 15 is 0 Å². The Kier molecular flexibility index (Phi) is 3.63. The Labute approximate surface area is 90.2 Å². The van der Waals surface area contributed by atoms with Crippen molar-refractivity contribution >= 4 is 21.7 Å². The van der Waals surface area contributed by atoms with Crippen LogP contribution in [-0.2, 0) is 0 Å². The van der Waals surface area contributed by atoms with Crippen LogP contribution in [0.3, 0.4) is 0 Å². The van der Waals surface area contributed by atoms with E-state index in [2.05, 4.69) is 15.9 Å². The molecule has 0 amide bonds. The van der Waals surface area contributed by atoms with Gasteiger partial charge < -0.3 is 4.74 Å². The molecule has 1 aromatic carbocycles. The monoisotopic (exact) mass is 260 g/mol. The number of halogens is 2. The molecule has 1 rings (SSSR count). The predicted molar refractivity (Wildman–Crippen MR) is 55.3 cm³/mol. The van der Waals surface area contributed by atoms with Gasteiger partial charge >= 0.3 is 0 Å². The normalized spacial score (nSPS) is 10.0. The standard InChI is InChI=1S/C10H10BrFO2/c1-3-14-10-7(6(2)13)4-5-8(11)9(10)12/h4-5H,3H2,1-2H3. The highest BCUT2D eigenvalue weighted by molar-refractivity contribution is 9.10. The van der Waals surface area contributed by atoms with E-state index in [4.69, 9.17) is 4.74 Å². The van der Waals surface area contributed by atoms with Gasteiger partial charge in [-0.05, 0) is 41.9 Å². The first-order chi connectivity index (χ1) is 6.57. The predicted octanol–water partition coefficient (Wildman–Crippen LogP) is 3.19. The number of ketones is 1. The molecule has 0 saturated heterocycles. The fourth-order valence-electron chi connectivity index (χ4n) is 1.09. The Hall–Kier alpha value is -0.900. The van der Waals surface area contributed by atoms with Crippen LogP contribution >= 0.6 is 15.9 Å². The third-order valence-electron chi connectivity index (χ3n) is 1.72. The number of benzene rings is 1. The van der Waals surface area contributed by atoms with Gasteiger partial charge in [0.05, 0.1) is 16.6 Å². The zero-order chi connectivity index (χ0) is 10.7. The summed E-state index contributed by atoms with van der Waals surface area (Å²) >= 11 is 3.03. The fourth-order valence-corrected chi connectivity index (χ4v) is 1.41. The first kappa shape index (κ1) is 11.2. The second-order valence-corrected chi connectivity index (χ2v) is 3.58. The Morgan fingerprint density at radius 3 is 2.71 bits per heavy atom. The van der Waals surface area contributed by atoms with Crippen molar-refractivity contribution in [3.63, 3.8) is 0 Å². The molecule has 2 nitrogen and oxygen atoms in total.